The highest BCUT2D eigenvalue weighted by Crippen LogP contribution is 2.44. The SMILES string of the molecule is NC(=O)c1cc(C(F)(F)F)cc(F)c1-c1cc(N)cc2c1C(c1cc(F)ccc1Cl)CNC(=C=O)C2. The minimum Gasteiger partial charge on any atom is -0.399 e. The fourth-order valence-electron chi connectivity index (χ4n) is 4.44. The van der Waals surface area contributed by atoms with Crippen LogP contribution in [0.4, 0.5) is 27.6 Å². The molecule has 0 spiro atoms. The van der Waals surface area contributed by atoms with E-state index in [0.29, 0.717) is 11.6 Å². The van der Waals surface area contributed by atoms with Gasteiger partial charge in [-0.2, -0.15) is 13.2 Å². The number of nitrogens with two attached hydrogens (primary N) is 2. The molecule has 4 rings (SSSR count). The Labute approximate surface area is 206 Å². The van der Waals surface area contributed by atoms with E-state index >= 15 is 4.39 Å². The Kier molecular flexibility index (Phi) is 6.51. The maximum atomic E-state index is 15.4. The van der Waals surface area contributed by atoms with E-state index in [1.54, 1.807) is 5.94 Å². The molecule has 0 radical (unpaired) electrons. The van der Waals surface area contributed by atoms with Gasteiger partial charge in [-0.25, -0.2) is 13.6 Å². The number of anilines is 1. The average molecular weight is 522 g/mol. The second-order valence-electron chi connectivity index (χ2n) is 8.24. The van der Waals surface area contributed by atoms with E-state index < -0.39 is 46.3 Å². The van der Waals surface area contributed by atoms with Gasteiger partial charge in [-0.15, -0.1) is 0 Å². The molecule has 0 aromatic heterocycles. The first-order valence-electron chi connectivity index (χ1n) is 10.5. The van der Waals surface area contributed by atoms with Crippen LogP contribution in [0.1, 0.15) is 38.5 Å². The van der Waals surface area contributed by atoms with Crippen molar-refractivity contribution >= 4 is 29.1 Å². The lowest BCUT2D eigenvalue weighted by molar-refractivity contribution is -0.137. The van der Waals surface area contributed by atoms with Crippen LogP contribution in [0.15, 0.2) is 48.2 Å². The molecule has 0 aliphatic carbocycles. The number of amides is 1. The van der Waals surface area contributed by atoms with Crippen LogP contribution in [0.3, 0.4) is 0 Å². The summed E-state index contributed by atoms with van der Waals surface area (Å²) in [4.78, 5) is 23.7. The zero-order valence-electron chi connectivity index (χ0n) is 18.3. The fourth-order valence-corrected chi connectivity index (χ4v) is 4.69. The van der Waals surface area contributed by atoms with Crippen molar-refractivity contribution in [3.05, 3.63) is 92.6 Å². The van der Waals surface area contributed by atoms with Crippen molar-refractivity contribution in [2.45, 2.75) is 18.5 Å². The van der Waals surface area contributed by atoms with Crippen molar-refractivity contribution in [3.8, 4) is 11.1 Å². The van der Waals surface area contributed by atoms with Crippen LogP contribution in [0.2, 0.25) is 5.02 Å². The van der Waals surface area contributed by atoms with Gasteiger partial charge in [-0.3, -0.25) is 4.79 Å². The molecule has 36 heavy (non-hydrogen) atoms. The summed E-state index contributed by atoms with van der Waals surface area (Å²) >= 11 is 6.36. The molecule has 11 heteroatoms. The summed E-state index contributed by atoms with van der Waals surface area (Å²) in [5.41, 5.74) is 9.87. The van der Waals surface area contributed by atoms with Gasteiger partial charge in [0.05, 0.1) is 11.1 Å². The average Bonchev–Trinajstić information content (AvgIpc) is 2.98. The van der Waals surface area contributed by atoms with Crippen molar-refractivity contribution in [1.82, 2.24) is 5.32 Å². The van der Waals surface area contributed by atoms with E-state index in [9.17, 15) is 27.2 Å². The van der Waals surface area contributed by atoms with Gasteiger partial charge >= 0.3 is 6.18 Å². The smallest absolute Gasteiger partial charge is 0.399 e. The lowest BCUT2D eigenvalue weighted by Gasteiger charge is -2.25. The molecule has 1 heterocycles. The summed E-state index contributed by atoms with van der Waals surface area (Å²) in [6.45, 7) is -0.0220. The van der Waals surface area contributed by atoms with Gasteiger partial charge in [0.25, 0.3) is 0 Å². The van der Waals surface area contributed by atoms with Crippen molar-refractivity contribution in [2.75, 3.05) is 12.3 Å². The molecule has 0 fully saturated rings. The van der Waals surface area contributed by atoms with Crippen LogP contribution < -0.4 is 16.8 Å². The molecule has 1 aliphatic rings. The molecule has 0 saturated carbocycles. The molecule has 1 aliphatic heterocycles. The van der Waals surface area contributed by atoms with E-state index in [-0.39, 0.29) is 52.1 Å². The minimum atomic E-state index is -4.94. The van der Waals surface area contributed by atoms with Gasteiger partial charge in [-0.1, -0.05) is 11.6 Å². The van der Waals surface area contributed by atoms with Crippen LogP contribution in [-0.4, -0.2) is 18.4 Å². The first kappa shape index (κ1) is 25.2. The molecule has 1 amide bonds. The fraction of sp³-hybridized carbons (Fsp3) is 0.160. The largest absolute Gasteiger partial charge is 0.416 e. The normalized spacial score (nSPS) is 15.5. The summed E-state index contributed by atoms with van der Waals surface area (Å²) in [5.74, 6) is -2.35. The number of halogens is 6. The van der Waals surface area contributed by atoms with E-state index in [0.717, 1.165) is 12.1 Å². The predicted molar refractivity (Wildman–Crippen MR) is 124 cm³/mol. The maximum absolute atomic E-state index is 15.4. The highest BCUT2D eigenvalue weighted by molar-refractivity contribution is 6.31. The first-order valence-corrected chi connectivity index (χ1v) is 10.8. The lowest BCUT2D eigenvalue weighted by atomic mass is 9.81. The molecule has 0 bridgehead atoms. The summed E-state index contributed by atoms with van der Waals surface area (Å²) in [6, 6.07) is 7.11. The number of nitrogens with one attached hydrogen (secondary N) is 1. The third-order valence-electron chi connectivity index (χ3n) is 5.93. The standard InChI is InChI=1S/C25H17ClF5N3O2/c26-20-2-1-13(27)7-16(20)19-9-34-15(10-35)4-11-3-14(32)8-17(22(11)19)23-18(24(33)36)5-12(6-21(23)28)25(29,30)31/h1-3,5-8,19,34H,4,9,32H2,(H2,33,36). The van der Waals surface area contributed by atoms with E-state index in [4.69, 9.17) is 23.1 Å². The number of carbonyl (C=O) groups is 1. The van der Waals surface area contributed by atoms with E-state index in [1.807, 2.05) is 0 Å². The number of fused-ring (bicyclic) bond motifs is 1. The number of rotatable bonds is 3. The molecular formula is C25H17ClF5N3O2. The summed E-state index contributed by atoms with van der Waals surface area (Å²) in [5, 5.41) is 3.04. The zero-order valence-corrected chi connectivity index (χ0v) is 19.0. The van der Waals surface area contributed by atoms with Gasteiger partial charge in [0.15, 0.2) is 0 Å². The maximum Gasteiger partial charge on any atom is 0.416 e. The summed E-state index contributed by atoms with van der Waals surface area (Å²) < 4.78 is 69.6. The molecule has 3 aromatic rings. The predicted octanol–water partition coefficient (Wildman–Crippen LogP) is 4.98. The Morgan fingerprint density at radius 1 is 1.11 bits per heavy atom. The molecule has 1 unspecified atom stereocenters. The Morgan fingerprint density at radius 2 is 1.83 bits per heavy atom. The van der Waals surface area contributed by atoms with Crippen LogP contribution in [0, 0.1) is 11.6 Å². The topological polar surface area (TPSA) is 98.2 Å². The number of hydrogen-bond donors (Lipinski definition) is 3. The number of allylic oxidation sites excluding steroid dienone is 1. The third-order valence-corrected chi connectivity index (χ3v) is 6.28. The number of hydrogen-bond acceptors (Lipinski definition) is 4. The molecular weight excluding hydrogens is 505 g/mol. The number of benzene rings is 3. The minimum absolute atomic E-state index is 0.0220. The zero-order chi connectivity index (χ0) is 26.4. The number of alkyl halides is 3. The highest BCUT2D eigenvalue weighted by atomic mass is 35.5. The lowest BCUT2D eigenvalue weighted by Crippen LogP contribution is -2.21. The molecule has 5 N–H and O–H groups in total. The second-order valence-corrected chi connectivity index (χ2v) is 8.65. The van der Waals surface area contributed by atoms with Gasteiger partial charge in [-0.05, 0) is 64.7 Å². The highest BCUT2D eigenvalue weighted by Gasteiger charge is 2.35. The van der Waals surface area contributed by atoms with Crippen molar-refractivity contribution in [1.29, 1.82) is 0 Å². The molecule has 5 nitrogen and oxygen atoms in total. The number of primary amides is 1. The van der Waals surface area contributed by atoms with Gasteiger partial charge in [0.2, 0.25) is 5.91 Å². The Morgan fingerprint density at radius 3 is 2.47 bits per heavy atom. The molecule has 186 valence electrons. The van der Waals surface area contributed by atoms with Crippen molar-refractivity contribution < 1.29 is 31.5 Å². The van der Waals surface area contributed by atoms with Crippen LogP contribution >= 0.6 is 11.6 Å². The Bertz CT molecular complexity index is 1450. The van der Waals surface area contributed by atoms with Crippen molar-refractivity contribution in [2.24, 2.45) is 5.73 Å². The summed E-state index contributed by atoms with van der Waals surface area (Å²) in [6.07, 6.45) is -4.99. The number of carbonyl (C=O) groups excluding carboxylic acids is 2. The monoisotopic (exact) mass is 521 g/mol. The second kappa shape index (κ2) is 9.29. The molecule has 0 saturated heterocycles. The van der Waals surface area contributed by atoms with Crippen LogP contribution in [0.25, 0.3) is 11.1 Å². The van der Waals surface area contributed by atoms with Crippen molar-refractivity contribution in [3.63, 3.8) is 0 Å². The van der Waals surface area contributed by atoms with E-state index in [2.05, 4.69) is 5.32 Å². The quantitative estimate of drug-likeness (QED) is 0.257. The van der Waals surface area contributed by atoms with Crippen LogP contribution in [0.5, 0.6) is 0 Å². The Balaban J connectivity index is 2.11. The molecule has 1 atom stereocenters. The van der Waals surface area contributed by atoms with Crippen LogP contribution in [-0.2, 0) is 17.4 Å². The van der Waals surface area contributed by atoms with Gasteiger partial charge < -0.3 is 16.8 Å². The first-order chi connectivity index (χ1) is 16.9. The Hall–Kier alpha value is -3.88. The van der Waals surface area contributed by atoms with E-state index in [1.165, 1.54) is 18.2 Å². The molecule has 3 aromatic carbocycles. The van der Waals surface area contributed by atoms with Gasteiger partial charge in [0.1, 0.15) is 23.3 Å². The number of nitrogen functional groups attached to an aromatic ring is 1. The third kappa shape index (κ3) is 4.65. The van der Waals surface area contributed by atoms with Gasteiger partial charge in [0, 0.05) is 35.2 Å². The summed E-state index contributed by atoms with van der Waals surface area (Å²) in [7, 11) is 0.